The summed E-state index contributed by atoms with van der Waals surface area (Å²) in [4.78, 5) is 4.69. The molecule has 6 nitrogen and oxygen atoms in total. The van der Waals surface area contributed by atoms with E-state index in [1.54, 1.807) is 24.3 Å². The standard InChI is InChI=1S/C22H24FN3O3S/c1-15(2)16-8-10-20(11-9-16)30(27,28)26-12-4-6-18(14-26)22-24-21(25-29-22)17-5-3-7-19(23)13-17/h3,5,7-11,13,15,18H,4,6,12,14H2,1-2H3. The Balaban J connectivity index is 1.53. The summed E-state index contributed by atoms with van der Waals surface area (Å²) in [6.45, 7) is 4.87. The van der Waals surface area contributed by atoms with E-state index in [-0.39, 0.29) is 18.3 Å². The van der Waals surface area contributed by atoms with Crippen LogP contribution in [0.5, 0.6) is 0 Å². The first-order valence-electron chi connectivity index (χ1n) is 10.0. The topological polar surface area (TPSA) is 76.3 Å². The van der Waals surface area contributed by atoms with Crippen molar-refractivity contribution in [3.8, 4) is 11.4 Å². The predicted molar refractivity (Wildman–Crippen MR) is 111 cm³/mol. The summed E-state index contributed by atoms with van der Waals surface area (Å²) < 4.78 is 46.6. The molecule has 1 atom stereocenters. The predicted octanol–water partition coefficient (Wildman–Crippen LogP) is 4.57. The van der Waals surface area contributed by atoms with Crippen molar-refractivity contribution in [2.24, 2.45) is 0 Å². The lowest BCUT2D eigenvalue weighted by Crippen LogP contribution is -2.39. The lowest BCUT2D eigenvalue weighted by Gasteiger charge is -2.30. The Morgan fingerprint density at radius 3 is 2.63 bits per heavy atom. The highest BCUT2D eigenvalue weighted by molar-refractivity contribution is 7.89. The molecule has 2 aromatic carbocycles. The van der Waals surface area contributed by atoms with E-state index in [2.05, 4.69) is 24.0 Å². The SMILES string of the molecule is CC(C)c1ccc(S(=O)(=O)N2CCCC(c3nc(-c4cccc(F)c4)no3)C2)cc1. The van der Waals surface area contributed by atoms with Crippen LogP contribution >= 0.6 is 0 Å². The van der Waals surface area contributed by atoms with Gasteiger partial charge in [-0.2, -0.15) is 9.29 Å². The maximum atomic E-state index is 13.5. The van der Waals surface area contributed by atoms with Crippen LogP contribution in [0.2, 0.25) is 0 Å². The van der Waals surface area contributed by atoms with Gasteiger partial charge in [-0.05, 0) is 48.6 Å². The zero-order valence-electron chi connectivity index (χ0n) is 17.0. The van der Waals surface area contributed by atoms with Gasteiger partial charge in [0.25, 0.3) is 0 Å². The molecule has 1 unspecified atom stereocenters. The van der Waals surface area contributed by atoms with Crippen LogP contribution in [0.15, 0.2) is 57.9 Å². The third-order valence-electron chi connectivity index (χ3n) is 5.44. The third kappa shape index (κ3) is 4.15. The highest BCUT2D eigenvalue weighted by Crippen LogP contribution is 2.31. The molecule has 1 saturated heterocycles. The summed E-state index contributed by atoms with van der Waals surface area (Å²) in [5.74, 6) is 0.444. The number of aromatic nitrogens is 2. The van der Waals surface area contributed by atoms with Gasteiger partial charge in [0.1, 0.15) is 5.82 Å². The summed E-state index contributed by atoms with van der Waals surface area (Å²) >= 11 is 0. The van der Waals surface area contributed by atoms with Crippen molar-refractivity contribution in [1.29, 1.82) is 0 Å². The average molecular weight is 430 g/mol. The number of halogens is 1. The van der Waals surface area contributed by atoms with E-state index in [0.29, 0.717) is 41.1 Å². The second-order valence-corrected chi connectivity index (χ2v) is 9.83. The van der Waals surface area contributed by atoms with Crippen LogP contribution in [0.1, 0.15) is 50.0 Å². The number of hydrogen-bond acceptors (Lipinski definition) is 5. The Labute approximate surface area is 175 Å². The van der Waals surface area contributed by atoms with Gasteiger partial charge in [0.15, 0.2) is 0 Å². The molecule has 0 N–H and O–H groups in total. The van der Waals surface area contributed by atoms with Crippen LogP contribution in [0.4, 0.5) is 4.39 Å². The second-order valence-electron chi connectivity index (χ2n) is 7.89. The lowest BCUT2D eigenvalue weighted by atomic mass is 10.00. The number of sulfonamides is 1. The Bertz CT molecular complexity index is 1130. The number of benzene rings is 2. The van der Waals surface area contributed by atoms with E-state index in [0.717, 1.165) is 12.0 Å². The quantitative estimate of drug-likeness (QED) is 0.594. The van der Waals surface area contributed by atoms with Crippen molar-refractivity contribution in [3.05, 3.63) is 65.8 Å². The molecule has 1 aromatic heterocycles. The minimum Gasteiger partial charge on any atom is -0.339 e. The smallest absolute Gasteiger partial charge is 0.243 e. The number of hydrogen-bond donors (Lipinski definition) is 0. The van der Waals surface area contributed by atoms with Crippen LogP contribution in [0.3, 0.4) is 0 Å². The van der Waals surface area contributed by atoms with E-state index in [1.807, 2.05) is 12.1 Å². The molecular weight excluding hydrogens is 405 g/mol. The maximum Gasteiger partial charge on any atom is 0.243 e. The first kappa shape index (κ1) is 20.7. The van der Waals surface area contributed by atoms with E-state index in [4.69, 9.17) is 4.52 Å². The third-order valence-corrected chi connectivity index (χ3v) is 7.32. The van der Waals surface area contributed by atoms with Crippen molar-refractivity contribution in [2.45, 2.75) is 43.4 Å². The van der Waals surface area contributed by atoms with Crippen LogP contribution in [-0.2, 0) is 10.0 Å². The first-order chi connectivity index (χ1) is 14.3. The first-order valence-corrected chi connectivity index (χ1v) is 11.5. The van der Waals surface area contributed by atoms with Crippen molar-refractivity contribution in [3.63, 3.8) is 0 Å². The minimum absolute atomic E-state index is 0.196. The molecule has 3 aromatic rings. The summed E-state index contributed by atoms with van der Waals surface area (Å²) in [6, 6.07) is 13.0. The van der Waals surface area contributed by atoms with Gasteiger partial charge in [0, 0.05) is 18.7 Å². The molecule has 0 spiro atoms. The molecule has 0 amide bonds. The molecule has 0 radical (unpaired) electrons. The van der Waals surface area contributed by atoms with E-state index in [9.17, 15) is 12.8 Å². The van der Waals surface area contributed by atoms with Gasteiger partial charge in [-0.25, -0.2) is 12.8 Å². The Morgan fingerprint density at radius 1 is 1.17 bits per heavy atom. The summed E-state index contributed by atoms with van der Waals surface area (Å²) in [5, 5.41) is 3.95. The fourth-order valence-electron chi connectivity index (χ4n) is 3.68. The van der Waals surface area contributed by atoms with Crippen LogP contribution in [0, 0.1) is 5.82 Å². The summed E-state index contributed by atoms with van der Waals surface area (Å²) in [5.41, 5.74) is 1.62. The van der Waals surface area contributed by atoms with Crippen molar-refractivity contribution in [1.82, 2.24) is 14.4 Å². The molecule has 30 heavy (non-hydrogen) atoms. The maximum absolute atomic E-state index is 13.5. The lowest BCUT2D eigenvalue weighted by molar-refractivity contribution is 0.265. The van der Waals surface area contributed by atoms with E-state index in [1.165, 1.54) is 16.4 Å². The van der Waals surface area contributed by atoms with Gasteiger partial charge in [-0.15, -0.1) is 0 Å². The Kier molecular flexibility index (Phi) is 5.71. The monoisotopic (exact) mass is 429 g/mol. The Hall–Kier alpha value is -2.58. The molecule has 4 rings (SSSR count). The van der Waals surface area contributed by atoms with Crippen LogP contribution < -0.4 is 0 Å². The number of nitrogens with zero attached hydrogens (tertiary/aromatic N) is 3. The largest absolute Gasteiger partial charge is 0.339 e. The van der Waals surface area contributed by atoms with Crippen molar-refractivity contribution in [2.75, 3.05) is 13.1 Å². The Morgan fingerprint density at radius 2 is 1.93 bits per heavy atom. The van der Waals surface area contributed by atoms with Crippen LogP contribution in [-0.4, -0.2) is 36.0 Å². The second kappa shape index (κ2) is 8.28. The molecule has 158 valence electrons. The zero-order chi connectivity index (χ0) is 21.3. The van der Waals surface area contributed by atoms with Crippen molar-refractivity contribution >= 4 is 10.0 Å². The molecule has 2 heterocycles. The van der Waals surface area contributed by atoms with Gasteiger partial charge in [0.2, 0.25) is 21.7 Å². The van der Waals surface area contributed by atoms with Gasteiger partial charge >= 0.3 is 0 Å². The van der Waals surface area contributed by atoms with Crippen molar-refractivity contribution < 1.29 is 17.3 Å². The molecule has 1 fully saturated rings. The summed E-state index contributed by atoms with van der Waals surface area (Å²) in [7, 11) is -3.60. The van der Waals surface area contributed by atoms with Crippen LogP contribution in [0.25, 0.3) is 11.4 Å². The molecular formula is C22H24FN3O3S. The molecule has 0 saturated carbocycles. The van der Waals surface area contributed by atoms with E-state index < -0.39 is 10.0 Å². The molecule has 8 heteroatoms. The van der Waals surface area contributed by atoms with Gasteiger partial charge < -0.3 is 4.52 Å². The normalized spacial score (nSPS) is 18.1. The zero-order valence-corrected chi connectivity index (χ0v) is 17.8. The van der Waals surface area contributed by atoms with E-state index >= 15 is 0 Å². The highest BCUT2D eigenvalue weighted by atomic mass is 32.2. The minimum atomic E-state index is -3.60. The fraction of sp³-hybridized carbons (Fsp3) is 0.364. The molecule has 1 aliphatic rings. The number of rotatable bonds is 5. The molecule has 0 aliphatic carbocycles. The average Bonchev–Trinajstić information content (AvgIpc) is 3.24. The summed E-state index contributed by atoms with van der Waals surface area (Å²) in [6.07, 6.45) is 1.45. The van der Waals surface area contributed by atoms with Gasteiger partial charge in [-0.3, -0.25) is 0 Å². The highest BCUT2D eigenvalue weighted by Gasteiger charge is 2.33. The van der Waals surface area contributed by atoms with Gasteiger partial charge in [-0.1, -0.05) is 43.3 Å². The fourth-order valence-corrected chi connectivity index (χ4v) is 5.21. The van der Waals surface area contributed by atoms with Gasteiger partial charge in [0.05, 0.1) is 10.8 Å². The molecule has 1 aliphatic heterocycles. The molecule has 0 bridgehead atoms. The number of piperidine rings is 1.